The molecule has 0 aliphatic heterocycles. The van der Waals surface area contributed by atoms with Crippen LogP contribution in [-0.2, 0) is 4.79 Å². The minimum absolute atomic E-state index is 0. The second-order valence-electron chi connectivity index (χ2n) is 2.89. The van der Waals surface area contributed by atoms with Gasteiger partial charge in [0.2, 0.25) is 0 Å². The molecule has 0 spiro atoms. The van der Waals surface area contributed by atoms with Gasteiger partial charge in [-0.2, -0.15) is 0 Å². The summed E-state index contributed by atoms with van der Waals surface area (Å²) < 4.78 is 0. The van der Waals surface area contributed by atoms with Crippen LogP contribution in [0.1, 0.15) is 19.3 Å². The lowest BCUT2D eigenvalue weighted by Gasteiger charge is -2.04. The molecular weight excluding hydrogens is 162 g/mol. The fourth-order valence-corrected chi connectivity index (χ4v) is 1.19. The molecule has 0 amide bonds. The quantitative estimate of drug-likeness (QED) is 0.565. The van der Waals surface area contributed by atoms with E-state index in [1.807, 2.05) is 25.2 Å². The number of hydrogen-bond acceptors (Lipinski definition) is 2. The zero-order chi connectivity index (χ0) is 7.56. The predicted molar refractivity (Wildman–Crippen MR) is 47.9 cm³/mol. The molecule has 0 aromatic heterocycles. The highest BCUT2D eigenvalue weighted by Crippen LogP contribution is 2.19. The van der Waals surface area contributed by atoms with Crippen LogP contribution >= 0.6 is 12.4 Å². The van der Waals surface area contributed by atoms with Gasteiger partial charge in [0.1, 0.15) is 0 Å². The topological polar surface area (TPSA) is 20.3 Å². The first kappa shape index (κ1) is 10.5. The van der Waals surface area contributed by atoms with Gasteiger partial charge >= 0.3 is 0 Å². The molecule has 1 saturated carbocycles. The molecule has 1 rings (SSSR count). The average molecular weight is 176 g/mol. The number of ketones is 1. The lowest BCUT2D eigenvalue weighted by Crippen LogP contribution is -2.04. The molecule has 64 valence electrons. The number of hydrogen-bond donors (Lipinski definition) is 0. The third-order valence-electron chi connectivity index (χ3n) is 1.62. The molecule has 11 heavy (non-hydrogen) atoms. The van der Waals surface area contributed by atoms with Crippen LogP contribution in [0.5, 0.6) is 0 Å². The number of Topliss-reactive ketones (excluding diaryl/α,β-unsaturated/α-hetero) is 1. The number of nitrogens with zero attached hydrogens (tertiary/aromatic N) is 1. The normalized spacial score (nSPS) is 20.2. The summed E-state index contributed by atoms with van der Waals surface area (Å²) in [5.74, 6) is 0.328. The average Bonchev–Trinajstić information content (AvgIpc) is 2.15. The maximum Gasteiger partial charge on any atom is 0.160 e. The highest BCUT2D eigenvalue weighted by molar-refractivity contribution is 5.97. The van der Waals surface area contributed by atoms with Crippen molar-refractivity contribution >= 4 is 18.2 Å². The monoisotopic (exact) mass is 175 g/mol. The third kappa shape index (κ3) is 2.93. The zero-order valence-electron chi connectivity index (χ0n) is 6.96. The van der Waals surface area contributed by atoms with Crippen molar-refractivity contribution < 1.29 is 4.79 Å². The highest BCUT2D eigenvalue weighted by atomic mass is 35.5. The molecular formula is C8H14ClNO. The maximum atomic E-state index is 11.0. The van der Waals surface area contributed by atoms with Gasteiger partial charge in [0.05, 0.1) is 0 Å². The van der Waals surface area contributed by atoms with Crippen LogP contribution in [0.2, 0.25) is 0 Å². The van der Waals surface area contributed by atoms with Gasteiger partial charge in [-0.05, 0) is 12.8 Å². The van der Waals surface area contributed by atoms with Gasteiger partial charge in [-0.25, -0.2) is 0 Å². The number of halogens is 1. The van der Waals surface area contributed by atoms with E-state index in [0.717, 1.165) is 24.8 Å². The van der Waals surface area contributed by atoms with E-state index < -0.39 is 0 Å². The number of allylic oxidation sites excluding steroid dienone is 1. The molecule has 0 heterocycles. The van der Waals surface area contributed by atoms with E-state index in [4.69, 9.17) is 0 Å². The summed E-state index contributed by atoms with van der Waals surface area (Å²) in [5.41, 5.74) is 0.991. The Morgan fingerprint density at radius 1 is 1.36 bits per heavy atom. The van der Waals surface area contributed by atoms with Gasteiger partial charge in [0, 0.05) is 32.3 Å². The van der Waals surface area contributed by atoms with Gasteiger partial charge in [0.25, 0.3) is 0 Å². The lowest BCUT2D eigenvalue weighted by atomic mass is 10.2. The SMILES string of the molecule is CN(C)/C=C1\CCCC1=O.Cl. The second kappa shape index (κ2) is 4.39. The molecule has 0 radical (unpaired) electrons. The fourth-order valence-electron chi connectivity index (χ4n) is 1.19. The van der Waals surface area contributed by atoms with Gasteiger partial charge in [0.15, 0.2) is 5.78 Å². The Morgan fingerprint density at radius 3 is 2.36 bits per heavy atom. The van der Waals surface area contributed by atoms with Crippen molar-refractivity contribution in [1.29, 1.82) is 0 Å². The van der Waals surface area contributed by atoms with Crippen molar-refractivity contribution in [2.75, 3.05) is 14.1 Å². The molecule has 0 unspecified atom stereocenters. The Balaban J connectivity index is 0.000001000. The summed E-state index contributed by atoms with van der Waals surface area (Å²) in [6.07, 6.45) is 4.69. The maximum absolute atomic E-state index is 11.0. The smallest absolute Gasteiger partial charge is 0.160 e. The van der Waals surface area contributed by atoms with Gasteiger partial charge in [-0.3, -0.25) is 4.79 Å². The fraction of sp³-hybridized carbons (Fsp3) is 0.625. The van der Waals surface area contributed by atoms with E-state index in [0.29, 0.717) is 5.78 Å². The molecule has 0 bridgehead atoms. The van der Waals surface area contributed by atoms with Crippen LogP contribution in [0, 0.1) is 0 Å². The van der Waals surface area contributed by atoms with Crippen molar-refractivity contribution in [3.05, 3.63) is 11.8 Å². The van der Waals surface area contributed by atoms with E-state index in [9.17, 15) is 4.79 Å². The van der Waals surface area contributed by atoms with Crippen molar-refractivity contribution in [3.63, 3.8) is 0 Å². The Morgan fingerprint density at radius 2 is 2.00 bits per heavy atom. The van der Waals surface area contributed by atoms with Crippen molar-refractivity contribution in [2.45, 2.75) is 19.3 Å². The molecule has 3 heteroatoms. The van der Waals surface area contributed by atoms with Gasteiger partial charge in [-0.15, -0.1) is 12.4 Å². The van der Waals surface area contributed by atoms with E-state index in [1.165, 1.54) is 0 Å². The molecule has 1 aliphatic rings. The Bertz CT molecular complexity index is 175. The first-order valence-corrected chi connectivity index (χ1v) is 3.60. The molecule has 1 fully saturated rings. The largest absolute Gasteiger partial charge is 0.383 e. The summed E-state index contributed by atoms with van der Waals surface area (Å²) in [7, 11) is 3.89. The van der Waals surface area contributed by atoms with Crippen molar-refractivity contribution in [3.8, 4) is 0 Å². The van der Waals surface area contributed by atoms with Crippen LogP contribution in [0.4, 0.5) is 0 Å². The summed E-state index contributed by atoms with van der Waals surface area (Å²) in [5, 5.41) is 0. The molecule has 0 atom stereocenters. The van der Waals surface area contributed by atoms with E-state index in [1.54, 1.807) is 0 Å². The highest BCUT2D eigenvalue weighted by Gasteiger charge is 2.16. The van der Waals surface area contributed by atoms with E-state index in [2.05, 4.69) is 0 Å². The molecule has 0 N–H and O–H groups in total. The summed E-state index contributed by atoms with van der Waals surface area (Å²) in [6.45, 7) is 0. The zero-order valence-corrected chi connectivity index (χ0v) is 7.78. The molecule has 0 aromatic rings. The predicted octanol–water partition coefficient (Wildman–Crippen LogP) is 1.61. The lowest BCUT2D eigenvalue weighted by molar-refractivity contribution is -0.114. The Labute approximate surface area is 73.7 Å². The number of carbonyl (C=O) groups excluding carboxylic acids is 1. The summed E-state index contributed by atoms with van der Waals surface area (Å²) in [4.78, 5) is 12.9. The van der Waals surface area contributed by atoms with Crippen LogP contribution in [0.25, 0.3) is 0 Å². The standard InChI is InChI=1S/C8H13NO.ClH/c1-9(2)6-7-4-3-5-8(7)10;/h6H,3-5H2,1-2H3;1H/b7-6+;. The number of rotatable bonds is 1. The third-order valence-corrected chi connectivity index (χ3v) is 1.62. The first-order valence-electron chi connectivity index (χ1n) is 3.60. The first-order chi connectivity index (χ1) is 4.70. The second-order valence-corrected chi connectivity index (χ2v) is 2.89. The van der Waals surface area contributed by atoms with Crippen LogP contribution in [0.15, 0.2) is 11.8 Å². The number of carbonyl (C=O) groups is 1. The minimum atomic E-state index is 0. The molecule has 0 aromatic carbocycles. The minimum Gasteiger partial charge on any atom is -0.383 e. The van der Waals surface area contributed by atoms with E-state index in [-0.39, 0.29) is 12.4 Å². The molecule has 1 aliphatic carbocycles. The van der Waals surface area contributed by atoms with Crippen LogP contribution in [0.3, 0.4) is 0 Å². The van der Waals surface area contributed by atoms with Crippen LogP contribution in [-0.4, -0.2) is 24.8 Å². The summed E-state index contributed by atoms with van der Waals surface area (Å²) in [6, 6.07) is 0. The molecule has 0 saturated heterocycles. The Hall–Kier alpha value is -0.500. The molecule has 2 nitrogen and oxygen atoms in total. The van der Waals surface area contributed by atoms with E-state index >= 15 is 0 Å². The summed E-state index contributed by atoms with van der Waals surface area (Å²) >= 11 is 0. The van der Waals surface area contributed by atoms with Gasteiger partial charge in [-0.1, -0.05) is 0 Å². The van der Waals surface area contributed by atoms with Gasteiger partial charge < -0.3 is 4.90 Å². The van der Waals surface area contributed by atoms with Crippen molar-refractivity contribution in [2.24, 2.45) is 0 Å². The Kier molecular flexibility index (Phi) is 4.19. The van der Waals surface area contributed by atoms with Crippen molar-refractivity contribution in [1.82, 2.24) is 4.90 Å². The van der Waals surface area contributed by atoms with Crippen LogP contribution < -0.4 is 0 Å².